The van der Waals surface area contributed by atoms with Crippen molar-refractivity contribution in [2.75, 3.05) is 0 Å². The van der Waals surface area contributed by atoms with Gasteiger partial charge >= 0.3 is 15.8 Å². The molecule has 0 radical (unpaired) electrons. The summed E-state index contributed by atoms with van der Waals surface area (Å²) in [6.07, 6.45) is 0.778. The molecule has 0 spiro atoms. The van der Waals surface area contributed by atoms with Crippen molar-refractivity contribution in [2.24, 2.45) is 14.1 Å². The summed E-state index contributed by atoms with van der Waals surface area (Å²) in [5, 5.41) is 0. The van der Waals surface area contributed by atoms with Gasteiger partial charge < -0.3 is 4.57 Å². The van der Waals surface area contributed by atoms with Gasteiger partial charge in [-0.25, -0.2) is 4.79 Å². The lowest BCUT2D eigenvalue weighted by molar-refractivity contribution is 0.477. The summed E-state index contributed by atoms with van der Waals surface area (Å²) < 4.78 is 31.5. The number of aryl methyl sites for hydroxylation is 1. The Balaban J connectivity index is 3.85. The van der Waals surface area contributed by atoms with Crippen molar-refractivity contribution in [2.45, 2.75) is 4.90 Å². The fourth-order valence-corrected chi connectivity index (χ4v) is 1.60. The second-order valence-corrected chi connectivity index (χ2v) is 4.12. The average Bonchev–Trinajstić information content (AvgIpc) is 2.06. The Morgan fingerprint density at radius 3 is 2.21 bits per heavy atom. The van der Waals surface area contributed by atoms with E-state index in [2.05, 4.69) is 0 Å². The SMILES string of the molecule is Cn1cc(S(=O)(=O)O)c(=O)n(C)c1=O. The highest BCUT2D eigenvalue weighted by Gasteiger charge is 2.17. The molecule has 0 saturated carbocycles. The summed E-state index contributed by atoms with van der Waals surface area (Å²) in [6, 6.07) is 0. The maximum absolute atomic E-state index is 11.2. The van der Waals surface area contributed by atoms with Crippen molar-refractivity contribution in [1.29, 1.82) is 0 Å². The van der Waals surface area contributed by atoms with Crippen LogP contribution in [0.1, 0.15) is 0 Å². The molecule has 0 saturated heterocycles. The normalized spacial score (nSPS) is 11.6. The second kappa shape index (κ2) is 3.07. The van der Waals surface area contributed by atoms with Gasteiger partial charge in [0.1, 0.15) is 0 Å². The summed E-state index contributed by atoms with van der Waals surface area (Å²) in [4.78, 5) is 21.5. The van der Waals surface area contributed by atoms with E-state index < -0.39 is 26.3 Å². The van der Waals surface area contributed by atoms with Gasteiger partial charge in [0.15, 0.2) is 4.90 Å². The first kappa shape index (κ1) is 10.7. The van der Waals surface area contributed by atoms with Crippen LogP contribution in [0.5, 0.6) is 0 Å². The summed E-state index contributed by atoms with van der Waals surface area (Å²) >= 11 is 0. The third kappa shape index (κ3) is 1.61. The van der Waals surface area contributed by atoms with Gasteiger partial charge in [-0.2, -0.15) is 8.42 Å². The van der Waals surface area contributed by atoms with Crippen LogP contribution < -0.4 is 11.2 Å². The molecule has 14 heavy (non-hydrogen) atoms. The van der Waals surface area contributed by atoms with Gasteiger partial charge in [0.25, 0.3) is 5.56 Å². The molecule has 0 unspecified atom stereocenters. The zero-order valence-electron chi connectivity index (χ0n) is 7.46. The first-order chi connectivity index (χ1) is 6.25. The van der Waals surface area contributed by atoms with Crippen molar-refractivity contribution < 1.29 is 13.0 Å². The number of hydrogen-bond acceptors (Lipinski definition) is 4. The molecule has 0 fully saturated rings. The van der Waals surface area contributed by atoms with Gasteiger partial charge in [-0.1, -0.05) is 0 Å². The maximum atomic E-state index is 11.2. The Kier molecular flexibility index (Phi) is 2.34. The fourth-order valence-electron chi connectivity index (χ4n) is 0.952. The quantitative estimate of drug-likeness (QED) is 0.570. The van der Waals surface area contributed by atoms with Gasteiger partial charge in [-0.3, -0.25) is 13.9 Å². The molecule has 1 aromatic rings. The summed E-state index contributed by atoms with van der Waals surface area (Å²) in [6.45, 7) is 0. The van der Waals surface area contributed by atoms with Crippen LogP contribution >= 0.6 is 0 Å². The number of hydrogen-bond donors (Lipinski definition) is 1. The van der Waals surface area contributed by atoms with Crippen LogP contribution in [0, 0.1) is 0 Å². The molecular formula is C6H8N2O5S. The van der Waals surface area contributed by atoms with Crippen molar-refractivity contribution >= 4 is 10.1 Å². The van der Waals surface area contributed by atoms with Crippen molar-refractivity contribution in [3.05, 3.63) is 27.0 Å². The summed E-state index contributed by atoms with van der Waals surface area (Å²) in [7, 11) is -2.19. The lowest BCUT2D eigenvalue weighted by atomic mass is 10.6. The molecule has 0 atom stereocenters. The summed E-state index contributed by atoms with van der Waals surface area (Å²) in [5.74, 6) is 0. The first-order valence-corrected chi connectivity index (χ1v) is 4.93. The first-order valence-electron chi connectivity index (χ1n) is 3.49. The van der Waals surface area contributed by atoms with E-state index >= 15 is 0 Å². The van der Waals surface area contributed by atoms with E-state index in [0.29, 0.717) is 4.57 Å². The zero-order chi connectivity index (χ0) is 11.1. The second-order valence-electron chi connectivity index (χ2n) is 2.73. The minimum absolute atomic E-state index is 0.600. The number of nitrogens with zero attached hydrogens (tertiary/aromatic N) is 2. The fraction of sp³-hybridized carbons (Fsp3) is 0.333. The van der Waals surface area contributed by atoms with Crippen molar-refractivity contribution in [3.8, 4) is 0 Å². The Hall–Kier alpha value is -1.41. The van der Waals surface area contributed by atoms with Crippen LogP contribution in [-0.4, -0.2) is 22.1 Å². The highest BCUT2D eigenvalue weighted by atomic mass is 32.2. The lowest BCUT2D eigenvalue weighted by Gasteiger charge is -2.03. The molecule has 0 aromatic carbocycles. The van der Waals surface area contributed by atoms with Gasteiger partial charge in [-0.15, -0.1) is 0 Å². The summed E-state index contributed by atoms with van der Waals surface area (Å²) in [5.41, 5.74) is -1.71. The van der Waals surface area contributed by atoms with Gasteiger partial charge in [0.2, 0.25) is 0 Å². The molecule has 0 aliphatic carbocycles. The van der Waals surface area contributed by atoms with Crippen LogP contribution in [-0.2, 0) is 24.2 Å². The molecule has 0 bridgehead atoms. The highest BCUT2D eigenvalue weighted by molar-refractivity contribution is 7.85. The standard InChI is InChI=1S/C6H8N2O5S/c1-7-3-4(14(11,12)13)5(9)8(2)6(7)10/h3H,1-2H3,(H,11,12,13). The number of rotatable bonds is 1. The van der Waals surface area contributed by atoms with Crippen LogP contribution in [0.15, 0.2) is 20.7 Å². The predicted octanol–water partition coefficient (Wildman–Crippen LogP) is -1.67. The van der Waals surface area contributed by atoms with Crippen molar-refractivity contribution in [3.63, 3.8) is 0 Å². The van der Waals surface area contributed by atoms with E-state index in [0.717, 1.165) is 17.8 Å². The molecule has 1 heterocycles. The van der Waals surface area contributed by atoms with E-state index in [9.17, 15) is 18.0 Å². The third-order valence-corrected chi connectivity index (χ3v) is 2.53. The molecule has 0 aliphatic heterocycles. The van der Waals surface area contributed by atoms with Crippen molar-refractivity contribution in [1.82, 2.24) is 9.13 Å². The molecule has 1 N–H and O–H groups in total. The molecule has 7 nitrogen and oxygen atoms in total. The van der Waals surface area contributed by atoms with Gasteiger partial charge in [-0.05, 0) is 0 Å². The van der Waals surface area contributed by atoms with E-state index in [1.54, 1.807) is 0 Å². The van der Waals surface area contributed by atoms with Crippen LogP contribution in [0.4, 0.5) is 0 Å². The Bertz CT molecular complexity index is 579. The van der Waals surface area contributed by atoms with E-state index in [1.165, 1.54) is 7.05 Å². The largest absolute Gasteiger partial charge is 0.330 e. The van der Waals surface area contributed by atoms with E-state index in [-0.39, 0.29) is 0 Å². The molecule has 1 rings (SSSR count). The van der Waals surface area contributed by atoms with Crippen LogP contribution in [0.25, 0.3) is 0 Å². The Morgan fingerprint density at radius 2 is 1.79 bits per heavy atom. The van der Waals surface area contributed by atoms with Crippen LogP contribution in [0.3, 0.4) is 0 Å². The topological polar surface area (TPSA) is 98.4 Å². The predicted molar refractivity (Wildman–Crippen MR) is 46.7 cm³/mol. The van der Waals surface area contributed by atoms with Gasteiger partial charge in [0, 0.05) is 20.3 Å². The minimum atomic E-state index is -4.59. The number of aromatic nitrogens is 2. The van der Waals surface area contributed by atoms with Gasteiger partial charge in [0.05, 0.1) is 0 Å². The maximum Gasteiger partial charge on any atom is 0.330 e. The zero-order valence-corrected chi connectivity index (χ0v) is 8.28. The molecular weight excluding hydrogens is 212 g/mol. The monoisotopic (exact) mass is 220 g/mol. The molecule has 0 amide bonds. The minimum Gasteiger partial charge on any atom is -0.302 e. The lowest BCUT2D eigenvalue weighted by Crippen LogP contribution is -2.39. The van der Waals surface area contributed by atoms with E-state index in [4.69, 9.17) is 4.55 Å². The molecule has 0 aliphatic rings. The molecule has 1 aromatic heterocycles. The molecule has 78 valence electrons. The third-order valence-electron chi connectivity index (χ3n) is 1.69. The van der Waals surface area contributed by atoms with Crippen LogP contribution in [0.2, 0.25) is 0 Å². The Morgan fingerprint density at radius 1 is 1.29 bits per heavy atom. The average molecular weight is 220 g/mol. The molecule has 8 heteroatoms. The smallest absolute Gasteiger partial charge is 0.302 e. The Labute approximate surface area is 79.0 Å². The van der Waals surface area contributed by atoms with E-state index in [1.807, 2.05) is 0 Å². The highest BCUT2D eigenvalue weighted by Crippen LogP contribution is 1.97.